The van der Waals surface area contributed by atoms with Gasteiger partial charge in [0, 0.05) is 11.1 Å². The fraction of sp³-hybridized carbons (Fsp3) is 0. The third kappa shape index (κ3) is 2.75. The van der Waals surface area contributed by atoms with Crippen LogP contribution in [0.4, 0.5) is 14.5 Å². The van der Waals surface area contributed by atoms with E-state index in [0.717, 1.165) is 12.1 Å². The predicted molar refractivity (Wildman–Crippen MR) is 71.7 cm³/mol. The van der Waals surface area contributed by atoms with Gasteiger partial charge in [0.15, 0.2) is 5.82 Å². The molecule has 2 aromatic rings. The summed E-state index contributed by atoms with van der Waals surface area (Å²) in [6.07, 6.45) is 0. The molecule has 0 atom stereocenters. The molecule has 0 aliphatic carbocycles. The van der Waals surface area contributed by atoms with Crippen LogP contribution in [-0.2, 0) is 0 Å². The first kappa shape index (κ1) is 13.6. The van der Waals surface area contributed by atoms with Gasteiger partial charge in [-0.15, -0.1) is 0 Å². The van der Waals surface area contributed by atoms with Gasteiger partial charge in [0.2, 0.25) is 5.91 Å². The Balaban J connectivity index is 2.44. The van der Waals surface area contributed by atoms with Gasteiger partial charge >= 0.3 is 0 Å². The van der Waals surface area contributed by atoms with Crippen molar-refractivity contribution in [3.8, 4) is 11.8 Å². The van der Waals surface area contributed by atoms with Gasteiger partial charge < -0.3 is 11.5 Å². The Morgan fingerprint density at radius 1 is 1.10 bits per heavy atom. The number of amides is 1. The molecule has 3 nitrogen and oxygen atoms in total. The molecule has 0 radical (unpaired) electrons. The fourth-order valence-electron chi connectivity index (χ4n) is 1.57. The molecular formula is C15H10F2N2O. The molecule has 0 aliphatic heterocycles. The zero-order valence-corrected chi connectivity index (χ0v) is 10.3. The molecule has 0 bridgehead atoms. The highest BCUT2D eigenvalue weighted by Gasteiger charge is 2.09. The van der Waals surface area contributed by atoms with Crippen molar-refractivity contribution < 1.29 is 13.6 Å². The van der Waals surface area contributed by atoms with Crippen LogP contribution < -0.4 is 11.5 Å². The van der Waals surface area contributed by atoms with Crippen LogP contribution in [0.25, 0.3) is 0 Å². The average Bonchev–Trinajstić information content (AvgIpc) is 2.43. The predicted octanol–water partition coefficient (Wildman–Crippen LogP) is 2.05. The van der Waals surface area contributed by atoms with Crippen molar-refractivity contribution in [3.63, 3.8) is 0 Å². The molecule has 0 saturated carbocycles. The number of carbonyl (C=O) groups is 1. The van der Waals surface area contributed by atoms with E-state index in [9.17, 15) is 13.6 Å². The van der Waals surface area contributed by atoms with Gasteiger partial charge in [-0.05, 0) is 30.3 Å². The molecule has 0 aromatic heterocycles. The summed E-state index contributed by atoms with van der Waals surface area (Å²) in [5.74, 6) is 2.65. The van der Waals surface area contributed by atoms with E-state index in [1.165, 1.54) is 12.1 Å². The van der Waals surface area contributed by atoms with Crippen LogP contribution in [0, 0.1) is 23.5 Å². The number of rotatable bonds is 1. The van der Waals surface area contributed by atoms with E-state index in [-0.39, 0.29) is 11.3 Å². The molecule has 20 heavy (non-hydrogen) atoms. The van der Waals surface area contributed by atoms with Crippen molar-refractivity contribution in [1.29, 1.82) is 0 Å². The van der Waals surface area contributed by atoms with E-state index < -0.39 is 23.1 Å². The van der Waals surface area contributed by atoms with Crippen molar-refractivity contribution in [2.24, 2.45) is 5.73 Å². The van der Waals surface area contributed by atoms with Gasteiger partial charge in [0.25, 0.3) is 0 Å². The Bertz CT molecular complexity index is 745. The standard InChI is InChI=1S/C15H10F2N2O/c16-12-6-7-13(18)14(17)11(12)5-4-9-2-1-3-10(8-9)15(19)20/h1-3,6-8H,18H2,(H2,19,20). The summed E-state index contributed by atoms with van der Waals surface area (Å²) in [6, 6.07) is 8.32. The van der Waals surface area contributed by atoms with Crippen LogP contribution in [0.15, 0.2) is 36.4 Å². The van der Waals surface area contributed by atoms with Gasteiger partial charge in [-0.1, -0.05) is 17.9 Å². The molecule has 0 fully saturated rings. The highest BCUT2D eigenvalue weighted by atomic mass is 19.1. The lowest BCUT2D eigenvalue weighted by Crippen LogP contribution is -2.10. The number of hydrogen-bond acceptors (Lipinski definition) is 2. The molecule has 5 heteroatoms. The summed E-state index contributed by atoms with van der Waals surface area (Å²) in [7, 11) is 0. The fourth-order valence-corrected chi connectivity index (χ4v) is 1.57. The molecule has 0 aliphatic rings. The number of anilines is 1. The number of primary amides is 1. The van der Waals surface area contributed by atoms with Crippen molar-refractivity contribution >= 4 is 11.6 Å². The summed E-state index contributed by atoms with van der Waals surface area (Å²) in [6.45, 7) is 0. The topological polar surface area (TPSA) is 69.1 Å². The van der Waals surface area contributed by atoms with E-state index in [1.807, 2.05) is 0 Å². The minimum Gasteiger partial charge on any atom is -0.396 e. The molecule has 100 valence electrons. The maximum atomic E-state index is 13.6. The highest BCUT2D eigenvalue weighted by molar-refractivity contribution is 5.93. The minimum atomic E-state index is -0.899. The zero-order chi connectivity index (χ0) is 14.7. The summed E-state index contributed by atoms with van der Waals surface area (Å²) in [4.78, 5) is 11.0. The van der Waals surface area contributed by atoms with Gasteiger partial charge in [-0.2, -0.15) is 0 Å². The average molecular weight is 272 g/mol. The van der Waals surface area contributed by atoms with Crippen LogP contribution in [-0.4, -0.2) is 5.91 Å². The molecule has 2 rings (SSSR count). The number of nitrogen functional groups attached to an aromatic ring is 1. The van der Waals surface area contributed by atoms with Crippen LogP contribution in [0.3, 0.4) is 0 Å². The first-order valence-electron chi connectivity index (χ1n) is 5.64. The Kier molecular flexibility index (Phi) is 3.67. The van der Waals surface area contributed by atoms with Crippen LogP contribution in [0.2, 0.25) is 0 Å². The highest BCUT2D eigenvalue weighted by Crippen LogP contribution is 2.17. The Morgan fingerprint density at radius 3 is 2.55 bits per heavy atom. The number of nitrogens with two attached hydrogens (primary N) is 2. The van der Waals surface area contributed by atoms with E-state index in [1.54, 1.807) is 12.1 Å². The van der Waals surface area contributed by atoms with E-state index in [0.29, 0.717) is 5.56 Å². The maximum Gasteiger partial charge on any atom is 0.248 e. The SMILES string of the molecule is NC(=O)c1cccc(C#Cc2c(F)ccc(N)c2F)c1. The molecule has 0 unspecified atom stereocenters. The molecule has 0 heterocycles. The van der Waals surface area contributed by atoms with Gasteiger partial charge in [0.1, 0.15) is 5.82 Å². The molecular weight excluding hydrogens is 262 g/mol. The Hall–Kier alpha value is -2.87. The number of hydrogen-bond donors (Lipinski definition) is 2. The maximum absolute atomic E-state index is 13.6. The molecule has 0 saturated heterocycles. The van der Waals surface area contributed by atoms with Crippen molar-refractivity contribution in [2.45, 2.75) is 0 Å². The van der Waals surface area contributed by atoms with Crippen molar-refractivity contribution in [1.82, 2.24) is 0 Å². The quantitative estimate of drug-likeness (QED) is 0.616. The third-order valence-electron chi connectivity index (χ3n) is 2.60. The van der Waals surface area contributed by atoms with Crippen LogP contribution in [0.5, 0.6) is 0 Å². The van der Waals surface area contributed by atoms with E-state index >= 15 is 0 Å². The molecule has 2 aromatic carbocycles. The Morgan fingerprint density at radius 2 is 1.85 bits per heavy atom. The summed E-state index contributed by atoms with van der Waals surface area (Å²) >= 11 is 0. The minimum absolute atomic E-state index is 0.179. The van der Waals surface area contributed by atoms with Gasteiger partial charge in [-0.25, -0.2) is 8.78 Å². The monoisotopic (exact) mass is 272 g/mol. The first-order chi connectivity index (χ1) is 9.49. The van der Waals surface area contributed by atoms with E-state index in [2.05, 4.69) is 11.8 Å². The molecule has 4 N–H and O–H groups in total. The van der Waals surface area contributed by atoms with E-state index in [4.69, 9.17) is 11.5 Å². The van der Waals surface area contributed by atoms with Crippen molar-refractivity contribution in [2.75, 3.05) is 5.73 Å². The summed E-state index contributed by atoms with van der Waals surface area (Å²) < 4.78 is 27.1. The third-order valence-corrected chi connectivity index (χ3v) is 2.60. The smallest absolute Gasteiger partial charge is 0.248 e. The van der Waals surface area contributed by atoms with Gasteiger partial charge in [-0.3, -0.25) is 4.79 Å². The number of carbonyl (C=O) groups excluding carboxylic acids is 1. The lowest BCUT2D eigenvalue weighted by molar-refractivity contribution is 0.100. The summed E-state index contributed by atoms with van der Waals surface area (Å²) in [5, 5.41) is 0. The number of benzene rings is 2. The largest absolute Gasteiger partial charge is 0.396 e. The lowest BCUT2D eigenvalue weighted by atomic mass is 10.1. The van der Waals surface area contributed by atoms with Crippen LogP contribution >= 0.6 is 0 Å². The van der Waals surface area contributed by atoms with Crippen molar-refractivity contribution in [3.05, 3.63) is 64.7 Å². The van der Waals surface area contributed by atoms with Crippen LogP contribution in [0.1, 0.15) is 21.5 Å². The second-order valence-electron chi connectivity index (χ2n) is 4.02. The Labute approximate surface area is 114 Å². The second-order valence-corrected chi connectivity index (χ2v) is 4.02. The van der Waals surface area contributed by atoms with Gasteiger partial charge in [0.05, 0.1) is 11.3 Å². The summed E-state index contributed by atoms with van der Waals surface area (Å²) in [5.41, 5.74) is 10.6. The first-order valence-corrected chi connectivity index (χ1v) is 5.64. The second kappa shape index (κ2) is 5.41. The normalized spacial score (nSPS) is 9.70. The molecule has 0 spiro atoms. The molecule has 1 amide bonds. The zero-order valence-electron chi connectivity index (χ0n) is 10.3. The lowest BCUT2D eigenvalue weighted by Gasteiger charge is -2.00. The number of halogens is 2.